The van der Waals surface area contributed by atoms with E-state index in [1.54, 1.807) is 23.1 Å². The Hall–Kier alpha value is -4.11. The van der Waals surface area contributed by atoms with Crippen molar-refractivity contribution in [2.45, 2.75) is 13.0 Å². The van der Waals surface area contributed by atoms with Gasteiger partial charge in [-0.2, -0.15) is 5.10 Å². The summed E-state index contributed by atoms with van der Waals surface area (Å²) in [7, 11) is 2.14. The molecule has 1 aromatic carbocycles. The van der Waals surface area contributed by atoms with Gasteiger partial charge in [0.2, 0.25) is 0 Å². The van der Waals surface area contributed by atoms with E-state index >= 15 is 0 Å². The number of benzene rings is 1. The number of rotatable bonds is 4. The third-order valence-corrected chi connectivity index (χ3v) is 7.53. The van der Waals surface area contributed by atoms with E-state index in [4.69, 9.17) is 9.97 Å². The third kappa shape index (κ3) is 3.16. The molecule has 0 N–H and O–H groups in total. The molecule has 2 aliphatic rings. The highest BCUT2D eigenvalue weighted by molar-refractivity contribution is 5.80. The zero-order valence-corrected chi connectivity index (χ0v) is 20.2. The first-order chi connectivity index (χ1) is 17.5. The molecule has 2 saturated heterocycles. The number of pyridine rings is 1. The molecule has 6 heterocycles. The van der Waals surface area contributed by atoms with Crippen LogP contribution in [0.15, 0.2) is 71.9 Å². The molecule has 7 rings (SSSR count). The van der Waals surface area contributed by atoms with Gasteiger partial charge in [0.1, 0.15) is 11.2 Å². The molecule has 2 fully saturated rings. The smallest absolute Gasteiger partial charge is 0.294 e. The second kappa shape index (κ2) is 7.69. The minimum atomic E-state index is -0.177. The Labute approximate surface area is 207 Å². The maximum atomic E-state index is 14.0. The Balaban J connectivity index is 1.39. The van der Waals surface area contributed by atoms with Crippen LogP contribution in [-0.2, 0) is 0 Å². The first-order valence-electron chi connectivity index (χ1n) is 12.2. The van der Waals surface area contributed by atoms with Crippen molar-refractivity contribution in [3.63, 3.8) is 0 Å². The molecule has 180 valence electrons. The summed E-state index contributed by atoms with van der Waals surface area (Å²) < 4.78 is 3.63. The number of aromatic nitrogens is 6. The van der Waals surface area contributed by atoms with Gasteiger partial charge in [-0.3, -0.25) is 14.3 Å². The predicted molar refractivity (Wildman–Crippen MR) is 138 cm³/mol. The van der Waals surface area contributed by atoms with Gasteiger partial charge in [-0.1, -0.05) is 30.3 Å². The second-order valence-electron chi connectivity index (χ2n) is 10.2. The summed E-state index contributed by atoms with van der Waals surface area (Å²) in [5, 5.41) is 4.43. The van der Waals surface area contributed by atoms with E-state index in [1.165, 1.54) is 0 Å². The molecular formula is C27H26N8O. The zero-order chi connectivity index (χ0) is 24.4. The van der Waals surface area contributed by atoms with Crippen molar-refractivity contribution in [2.75, 3.05) is 38.1 Å². The van der Waals surface area contributed by atoms with Crippen LogP contribution < -0.4 is 10.5 Å². The lowest BCUT2D eigenvalue weighted by Gasteiger charge is -2.59. The number of likely N-dealkylation sites (tertiary alicyclic amines) is 1. The highest BCUT2D eigenvalue weighted by Gasteiger charge is 2.51. The highest BCUT2D eigenvalue weighted by atomic mass is 16.1. The van der Waals surface area contributed by atoms with E-state index < -0.39 is 0 Å². The summed E-state index contributed by atoms with van der Waals surface area (Å²) in [6.07, 6.45) is 5.24. The maximum absolute atomic E-state index is 14.0. The van der Waals surface area contributed by atoms with Crippen LogP contribution in [0, 0.1) is 5.41 Å². The van der Waals surface area contributed by atoms with Crippen LogP contribution in [0.5, 0.6) is 0 Å². The fourth-order valence-corrected chi connectivity index (χ4v) is 5.92. The van der Waals surface area contributed by atoms with Crippen molar-refractivity contribution in [1.29, 1.82) is 0 Å². The van der Waals surface area contributed by atoms with Crippen LogP contribution in [0.4, 0.5) is 5.82 Å². The van der Waals surface area contributed by atoms with Crippen molar-refractivity contribution in [1.82, 2.24) is 34.0 Å². The number of fused-ring (bicyclic) bond motifs is 2. The van der Waals surface area contributed by atoms with Gasteiger partial charge in [0.05, 0.1) is 29.6 Å². The summed E-state index contributed by atoms with van der Waals surface area (Å²) in [4.78, 5) is 32.5. The molecule has 4 aromatic heterocycles. The van der Waals surface area contributed by atoms with Crippen molar-refractivity contribution in [3.8, 4) is 11.4 Å². The lowest BCUT2D eigenvalue weighted by atomic mass is 9.73. The monoisotopic (exact) mass is 478 g/mol. The van der Waals surface area contributed by atoms with E-state index in [-0.39, 0.29) is 11.6 Å². The van der Waals surface area contributed by atoms with Gasteiger partial charge >= 0.3 is 0 Å². The summed E-state index contributed by atoms with van der Waals surface area (Å²) in [5.74, 6) is 0.511. The normalized spacial score (nSPS) is 17.9. The van der Waals surface area contributed by atoms with Crippen molar-refractivity contribution >= 4 is 22.5 Å². The number of imidazole rings is 1. The molecule has 0 saturated carbocycles. The number of hydrogen-bond donors (Lipinski definition) is 0. The number of anilines is 1. The lowest BCUT2D eigenvalue weighted by Crippen LogP contribution is -2.72. The first-order valence-corrected chi connectivity index (χ1v) is 12.2. The van der Waals surface area contributed by atoms with Crippen LogP contribution in [0.3, 0.4) is 0 Å². The summed E-state index contributed by atoms with van der Waals surface area (Å²) in [6.45, 7) is 5.94. The summed E-state index contributed by atoms with van der Waals surface area (Å²) in [6, 6.07) is 15.6. The predicted octanol–water partition coefficient (Wildman–Crippen LogP) is 2.86. The minimum Gasteiger partial charge on any atom is -0.351 e. The van der Waals surface area contributed by atoms with Gasteiger partial charge in [-0.25, -0.2) is 14.5 Å². The standard InChI is InChI=1S/C27H26N8O/c1-18(19-7-4-3-5-8-19)34-22-11-20(23-13-29-24-9-6-10-30-35(23)24)28-12-21(22)31-25(26(34)36)33-16-27(17-33)14-32(2)15-27/h3-13,18H,14-17H2,1-2H3/t18-/m1/s1. The van der Waals surface area contributed by atoms with Gasteiger partial charge in [0.15, 0.2) is 11.5 Å². The average Bonchev–Trinajstić information content (AvgIpc) is 3.29. The fraction of sp³-hybridized carbons (Fsp3) is 0.296. The van der Waals surface area contributed by atoms with Crippen molar-refractivity contribution < 1.29 is 0 Å². The van der Waals surface area contributed by atoms with Crippen LogP contribution in [0.25, 0.3) is 28.1 Å². The van der Waals surface area contributed by atoms with Gasteiger partial charge in [0, 0.05) is 37.8 Å². The molecule has 9 nitrogen and oxygen atoms in total. The lowest BCUT2D eigenvalue weighted by molar-refractivity contribution is -0.00295. The molecule has 0 aliphatic carbocycles. The molecule has 9 heteroatoms. The van der Waals surface area contributed by atoms with Crippen LogP contribution in [0.2, 0.25) is 0 Å². The Morgan fingerprint density at radius 2 is 1.78 bits per heavy atom. The van der Waals surface area contributed by atoms with E-state index in [2.05, 4.69) is 46.0 Å². The molecular weight excluding hydrogens is 452 g/mol. The van der Waals surface area contributed by atoms with Crippen LogP contribution >= 0.6 is 0 Å². The quantitative estimate of drug-likeness (QED) is 0.393. The second-order valence-corrected chi connectivity index (χ2v) is 10.2. The molecule has 0 bridgehead atoms. The Bertz CT molecular complexity index is 1660. The first kappa shape index (κ1) is 21.2. The minimum absolute atomic E-state index is 0.0743. The van der Waals surface area contributed by atoms with E-state index in [9.17, 15) is 4.79 Å². The van der Waals surface area contributed by atoms with Gasteiger partial charge < -0.3 is 9.80 Å². The molecule has 1 atom stereocenters. The molecule has 36 heavy (non-hydrogen) atoms. The van der Waals surface area contributed by atoms with E-state index in [1.807, 2.05) is 41.0 Å². The van der Waals surface area contributed by atoms with E-state index in [0.717, 1.165) is 48.6 Å². The SMILES string of the molecule is C[C@H](c1ccccc1)n1c(=O)c(N2CC3(CN(C)C3)C2)nc2cnc(-c3cnc4cccnn34)cc21. The Morgan fingerprint density at radius 1 is 0.972 bits per heavy atom. The summed E-state index contributed by atoms with van der Waals surface area (Å²) in [5.41, 5.74) is 4.93. The molecule has 0 unspecified atom stereocenters. The maximum Gasteiger partial charge on any atom is 0.294 e. The Kier molecular flexibility index (Phi) is 4.53. The van der Waals surface area contributed by atoms with Crippen LogP contribution in [-0.4, -0.2) is 67.3 Å². The largest absolute Gasteiger partial charge is 0.351 e. The third-order valence-electron chi connectivity index (χ3n) is 7.53. The van der Waals surface area contributed by atoms with Gasteiger partial charge in [0.25, 0.3) is 5.56 Å². The summed E-state index contributed by atoms with van der Waals surface area (Å²) >= 11 is 0. The fourth-order valence-electron chi connectivity index (χ4n) is 5.92. The highest BCUT2D eigenvalue weighted by Crippen LogP contribution is 2.40. The molecule has 5 aromatic rings. The molecule has 1 spiro atoms. The Morgan fingerprint density at radius 3 is 2.56 bits per heavy atom. The van der Waals surface area contributed by atoms with Crippen molar-refractivity contribution in [3.05, 3.63) is 83.0 Å². The van der Waals surface area contributed by atoms with Gasteiger partial charge in [-0.15, -0.1) is 0 Å². The molecule has 0 radical (unpaired) electrons. The van der Waals surface area contributed by atoms with E-state index in [0.29, 0.717) is 22.4 Å². The van der Waals surface area contributed by atoms with Crippen molar-refractivity contribution in [2.24, 2.45) is 5.41 Å². The average molecular weight is 479 g/mol. The number of hydrogen-bond acceptors (Lipinski definition) is 7. The topological polar surface area (TPSA) is 84.5 Å². The number of nitrogens with zero attached hydrogens (tertiary/aromatic N) is 8. The molecule has 2 aliphatic heterocycles. The zero-order valence-electron chi connectivity index (χ0n) is 20.2. The van der Waals surface area contributed by atoms with Gasteiger partial charge in [-0.05, 0) is 37.7 Å². The molecule has 0 amide bonds. The van der Waals surface area contributed by atoms with Crippen LogP contribution in [0.1, 0.15) is 18.5 Å².